The number of unbranched alkanes of at least 4 members (excludes halogenated alkanes) is 12. The highest BCUT2D eigenvalue weighted by Gasteiger charge is 2.20. The third kappa shape index (κ3) is 8.86. The molecule has 0 fully saturated rings. The normalized spacial score (nSPS) is 12.0. The first-order valence-corrected chi connectivity index (χ1v) is 14.4. The maximum atomic E-state index is 12.3. The largest absolute Gasteiger partial charge is 0.295 e. The molecular weight excluding hydrogens is 416 g/mol. The molecule has 0 amide bonds. The zero-order valence-electron chi connectivity index (χ0n) is 20.4. The fourth-order valence-corrected chi connectivity index (χ4v) is 5.66. The van der Waals surface area contributed by atoms with E-state index >= 15 is 0 Å². The van der Waals surface area contributed by atoms with Crippen molar-refractivity contribution in [3.05, 3.63) is 41.5 Å². The van der Waals surface area contributed by atoms with E-state index in [9.17, 15) is 13.0 Å². The Balaban J connectivity index is 2.06. The third-order valence-corrected chi connectivity index (χ3v) is 7.54. The van der Waals surface area contributed by atoms with Crippen LogP contribution in [0.25, 0.3) is 10.8 Å². The Bertz CT molecular complexity index is 902. The molecule has 2 rings (SSSR count). The van der Waals surface area contributed by atoms with Crippen LogP contribution in [0.2, 0.25) is 0 Å². The molecule has 4 heteroatoms. The number of fused-ring (bicyclic) bond motifs is 1. The summed E-state index contributed by atoms with van der Waals surface area (Å²) in [5.74, 6) is 0. The minimum Gasteiger partial charge on any atom is -0.282 e. The Morgan fingerprint density at radius 2 is 1.09 bits per heavy atom. The second-order valence-corrected chi connectivity index (χ2v) is 10.6. The zero-order chi connectivity index (χ0) is 23.2. The van der Waals surface area contributed by atoms with Crippen molar-refractivity contribution < 1.29 is 13.0 Å². The first kappa shape index (κ1) is 26.9. The van der Waals surface area contributed by atoms with Crippen LogP contribution in [0.5, 0.6) is 0 Å². The minimum absolute atomic E-state index is 0.127. The quantitative estimate of drug-likeness (QED) is 0.190. The Labute approximate surface area is 196 Å². The summed E-state index contributed by atoms with van der Waals surface area (Å²) in [6.45, 7) is 4.46. The van der Waals surface area contributed by atoms with Gasteiger partial charge in [0.15, 0.2) is 0 Å². The van der Waals surface area contributed by atoms with E-state index in [1.807, 2.05) is 18.2 Å². The van der Waals surface area contributed by atoms with E-state index in [2.05, 4.69) is 26.0 Å². The maximum Gasteiger partial charge on any atom is 0.295 e. The summed E-state index contributed by atoms with van der Waals surface area (Å²) in [6.07, 6.45) is 18.8. The van der Waals surface area contributed by atoms with E-state index in [-0.39, 0.29) is 4.90 Å². The van der Waals surface area contributed by atoms with E-state index in [0.29, 0.717) is 11.8 Å². The number of hydrogen-bond acceptors (Lipinski definition) is 2. The van der Waals surface area contributed by atoms with Crippen LogP contribution in [0.4, 0.5) is 0 Å². The predicted octanol–water partition coefficient (Wildman–Crippen LogP) is 8.67. The van der Waals surface area contributed by atoms with Gasteiger partial charge >= 0.3 is 0 Å². The van der Waals surface area contributed by atoms with Gasteiger partial charge in [0.25, 0.3) is 10.1 Å². The van der Waals surface area contributed by atoms with Crippen molar-refractivity contribution in [3.8, 4) is 0 Å². The highest BCUT2D eigenvalue weighted by molar-refractivity contribution is 7.86. The van der Waals surface area contributed by atoms with E-state index in [0.717, 1.165) is 36.6 Å². The lowest BCUT2D eigenvalue weighted by atomic mass is 9.96. The molecule has 0 saturated heterocycles. The van der Waals surface area contributed by atoms with E-state index in [1.165, 1.54) is 76.2 Å². The molecular formula is C28H44O3S. The summed E-state index contributed by atoms with van der Waals surface area (Å²) in [5.41, 5.74) is 1.94. The van der Waals surface area contributed by atoms with Gasteiger partial charge in [0, 0.05) is 5.39 Å². The molecule has 0 aliphatic heterocycles. The summed E-state index contributed by atoms with van der Waals surface area (Å²) >= 11 is 0. The second-order valence-electron chi connectivity index (χ2n) is 9.28. The van der Waals surface area contributed by atoms with Crippen molar-refractivity contribution in [2.24, 2.45) is 0 Å². The highest BCUT2D eigenvalue weighted by atomic mass is 32.2. The SMILES string of the molecule is CCCCCCCCCc1ccc2c(CCCCCCCCC)cccc2c1S(=O)(=O)O. The van der Waals surface area contributed by atoms with Crippen LogP contribution in [-0.4, -0.2) is 13.0 Å². The van der Waals surface area contributed by atoms with Crippen molar-refractivity contribution in [2.45, 2.75) is 121 Å². The Morgan fingerprint density at radius 1 is 0.594 bits per heavy atom. The molecule has 180 valence electrons. The molecule has 0 atom stereocenters. The van der Waals surface area contributed by atoms with Gasteiger partial charge in [0.2, 0.25) is 0 Å². The molecule has 0 radical (unpaired) electrons. The number of benzene rings is 2. The summed E-state index contributed by atoms with van der Waals surface area (Å²) in [6, 6.07) is 9.88. The lowest BCUT2D eigenvalue weighted by molar-refractivity contribution is 0.482. The Kier molecular flexibility index (Phi) is 12.3. The monoisotopic (exact) mass is 460 g/mol. The smallest absolute Gasteiger partial charge is 0.282 e. The first-order chi connectivity index (χ1) is 15.5. The van der Waals surface area contributed by atoms with Crippen LogP contribution in [0.3, 0.4) is 0 Å². The molecule has 0 bridgehead atoms. The van der Waals surface area contributed by atoms with Crippen LogP contribution >= 0.6 is 0 Å². The van der Waals surface area contributed by atoms with Crippen molar-refractivity contribution in [2.75, 3.05) is 0 Å². The summed E-state index contributed by atoms with van der Waals surface area (Å²) in [5, 5.41) is 1.64. The van der Waals surface area contributed by atoms with Gasteiger partial charge < -0.3 is 0 Å². The molecule has 32 heavy (non-hydrogen) atoms. The zero-order valence-corrected chi connectivity index (χ0v) is 21.2. The van der Waals surface area contributed by atoms with Gasteiger partial charge in [-0.1, -0.05) is 121 Å². The van der Waals surface area contributed by atoms with Gasteiger partial charge in [0.1, 0.15) is 4.90 Å². The Hall–Kier alpha value is -1.39. The third-order valence-electron chi connectivity index (χ3n) is 6.54. The standard InChI is InChI=1S/C28H44O3S/c1-3-5-7-9-11-13-15-18-24-20-17-21-27-26(24)23-22-25(28(27)32(29,30)31)19-16-14-12-10-8-6-4-2/h17,20-23H,3-16,18-19H2,1-2H3,(H,29,30,31). The average Bonchev–Trinajstić information content (AvgIpc) is 2.76. The van der Waals surface area contributed by atoms with Crippen molar-refractivity contribution in [1.29, 1.82) is 0 Å². The molecule has 0 aliphatic rings. The lowest BCUT2D eigenvalue weighted by Gasteiger charge is -2.14. The van der Waals surface area contributed by atoms with Crippen molar-refractivity contribution in [1.82, 2.24) is 0 Å². The van der Waals surface area contributed by atoms with Gasteiger partial charge in [-0.3, -0.25) is 4.55 Å². The molecule has 0 aliphatic carbocycles. The molecule has 0 aromatic heterocycles. The summed E-state index contributed by atoms with van der Waals surface area (Å²) < 4.78 is 34.7. The van der Waals surface area contributed by atoms with Crippen LogP contribution < -0.4 is 0 Å². The van der Waals surface area contributed by atoms with Crippen LogP contribution in [0.15, 0.2) is 35.2 Å². The van der Waals surface area contributed by atoms with Crippen molar-refractivity contribution >= 4 is 20.9 Å². The molecule has 0 unspecified atom stereocenters. The number of aryl methyl sites for hydroxylation is 2. The average molecular weight is 461 g/mol. The van der Waals surface area contributed by atoms with Crippen LogP contribution in [0.1, 0.15) is 115 Å². The van der Waals surface area contributed by atoms with Crippen LogP contribution in [-0.2, 0) is 23.0 Å². The first-order valence-electron chi connectivity index (χ1n) is 13.0. The molecule has 0 spiro atoms. The molecule has 0 saturated carbocycles. The van der Waals surface area contributed by atoms with Gasteiger partial charge in [-0.05, 0) is 42.2 Å². The molecule has 1 N–H and O–H groups in total. The van der Waals surface area contributed by atoms with Crippen LogP contribution in [0, 0.1) is 0 Å². The lowest BCUT2D eigenvalue weighted by Crippen LogP contribution is -2.05. The van der Waals surface area contributed by atoms with Gasteiger partial charge in [-0.15, -0.1) is 0 Å². The fraction of sp³-hybridized carbons (Fsp3) is 0.643. The number of hydrogen-bond donors (Lipinski definition) is 1. The van der Waals surface area contributed by atoms with Crippen molar-refractivity contribution in [3.63, 3.8) is 0 Å². The summed E-state index contributed by atoms with van der Waals surface area (Å²) in [7, 11) is -4.27. The molecule has 0 heterocycles. The van der Waals surface area contributed by atoms with E-state index in [1.54, 1.807) is 0 Å². The van der Waals surface area contributed by atoms with E-state index in [4.69, 9.17) is 0 Å². The Morgan fingerprint density at radius 3 is 1.62 bits per heavy atom. The number of rotatable bonds is 17. The predicted molar refractivity (Wildman–Crippen MR) is 137 cm³/mol. The topological polar surface area (TPSA) is 54.4 Å². The molecule has 3 nitrogen and oxygen atoms in total. The summed E-state index contributed by atoms with van der Waals surface area (Å²) in [4.78, 5) is 0.127. The van der Waals surface area contributed by atoms with Gasteiger partial charge in [-0.2, -0.15) is 8.42 Å². The van der Waals surface area contributed by atoms with E-state index < -0.39 is 10.1 Å². The van der Waals surface area contributed by atoms with Gasteiger partial charge in [-0.25, -0.2) is 0 Å². The fourth-order valence-electron chi connectivity index (χ4n) is 4.71. The maximum absolute atomic E-state index is 12.3. The second kappa shape index (κ2) is 14.7. The minimum atomic E-state index is -4.27. The molecule has 2 aromatic carbocycles. The molecule has 2 aromatic rings. The van der Waals surface area contributed by atoms with Gasteiger partial charge in [0.05, 0.1) is 0 Å². The highest BCUT2D eigenvalue weighted by Crippen LogP contribution is 2.31.